The van der Waals surface area contributed by atoms with Crippen LogP contribution in [0, 0.1) is 0 Å². The normalized spacial score (nSPS) is 18.1. The molecule has 1 aliphatic carbocycles. The topological polar surface area (TPSA) is 80.4 Å². The Bertz CT molecular complexity index is 495. The van der Waals surface area contributed by atoms with Crippen LogP contribution in [0.4, 0.5) is 5.69 Å². The Morgan fingerprint density at radius 2 is 2.00 bits per heavy atom. The molecule has 1 aliphatic rings. The highest BCUT2D eigenvalue weighted by atomic mass is 32.2. The monoisotopic (exact) mass is 281 g/mol. The molecule has 0 aliphatic heterocycles. The van der Waals surface area contributed by atoms with Crippen molar-refractivity contribution < 1.29 is 14.1 Å². The molecule has 0 radical (unpaired) electrons. The molecule has 19 heavy (non-hydrogen) atoms. The molecule has 1 fully saturated rings. The molecule has 1 unspecified atom stereocenters. The summed E-state index contributed by atoms with van der Waals surface area (Å²) in [6.07, 6.45) is 5.43. The maximum Gasteiger partial charge on any atom is 0.338 e. The summed E-state index contributed by atoms with van der Waals surface area (Å²) in [4.78, 5) is 11.2. The third kappa shape index (κ3) is 3.35. The number of carboxylic acid groups (broad SMARTS) is 1. The predicted molar refractivity (Wildman–Crippen MR) is 76.5 cm³/mol. The van der Waals surface area contributed by atoms with Crippen LogP contribution in [0.25, 0.3) is 0 Å². The van der Waals surface area contributed by atoms with Crippen LogP contribution in [0.3, 0.4) is 0 Å². The maximum atomic E-state index is 12.3. The Hall–Kier alpha value is -1.36. The van der Waals surface area contributed by atoms with E-state index in [1.165, 1.54) is 6.42 Å². The van der Waals surface area contributed by atoms with Gasteiger partial charge in [-0.3, -0.25) is 4.21 Å². The molecular formula is C14H19NO3S. The predicted octanol–water partition coefficient (Wildman–Crippen LogP) is 2.55. The fourth-order valence-electron chi connectivity index (χ4n) is 2.60. The standard InChI is InChI=1S/C14H19NO3S/c15-12-8-4-5-10(13(12)14(16)17)9-19(18)11-6-2-1-3-7-11/h4-5,8,11H,1-3,6-7,9,15H2,(H,16,17). The Labute approximate surface area is 115 Å². The molecule has 0 aromatic heterocycles. The Kier molecular flexibility index (Phi) is 4.58. The number of nitrogens with two attached hydrogens (primary N) is 1. The molecule has 1 saturated carbocycles. The SMILES string of the molecule is Nc1cccc(CS(=O)C2CCCCC2)c1C(=O)O. The van der Waals surface area contributed by atoms with Gasteiger partial charge in [0.2, 0.25) is 0 Å². The summed E-state index contributed by atoms with van der Waals surface area (Å²) in [5, 5.41) is 9.40. The van der Waals surface area contributed by atoms with Gasteiger partial charge in [0.25, 0.3) is 0 Å². The van der Waals surface area contributed by atoms with E-state index in [4.69, 9.17) is 5.73 Å². The number of nitrogen functional groups attached to an aromatic ring is 1. The molecule has 3 N–H and O–H groups in total. The van der Waals surface area contributed by atoms with Crippen molar-refractivity contribution in [3.8, 4) is 0 Å². The first kappa shape index (κ1) is 14.1. The van der Waals surface area contributed by atoms with Gasteiger partial charge >= 0.3 is 5.97 Å². The zero-order valence-corrected chi connectivity index (χ0v) is 11.6. The van der Waals surface area contributed by atoms with E-state index in [1.807, 2.05) is 0 Å². The van der Waals surface area contributed by atoms with Gasteiger partial charge < -0.3 is 10.8 Å². The van der Waals surface area contributed by atoms with E-state index in [0.29, 0.717) is 5.56 Å². The van der Waals surface area contributed by atoms with Gasteiger partial charge in [-0.05, 0) is 24.5 Å². The molecule has 1 aromatic carbocycles. The first-order valence-corrected chi connectivity index (χ1v) is 7.95. The number of hydrogen-bond acceptors (Lipinski definition) is 3. The third-order valence-corrected chi connectivity index (χ3v) is 5.43. The van der Waals surface area contributed by atoms with Crippen LogP contribution in [-0.4, -0.2) is 20.5 Å². The fourth-order valence-corrected chi connectivity index (χ4v) is 4.24. The summed E-state index contributed by atoms with van der Waals surface area (Å²) in [5.41, 5.74) is 6.62. The van der Waals surface area contributed by atoms with Crippen molar-refractivity contribution >= 4 is 22.5 Å². The number of anilines is 1. The van der Waals surface area contributed by atoms with Crippen molar-refractivity contribution in [3.63, 3.8) is 0 Å². The van der Waals surface area contributed by atoms with Crippen molar-refractivity contribution in [3.05, 3.63) is 29.3 Å². The van der Waals surface area contributed by atoms with Crippen LogP contribution in [0.1, 0.15) is 48.0 Å². The van der Waals surface area contributed by atoms with Crippen molar-refractivity contribution in [2.45, 2.75) is 43.1 Å². The lowest BCUT2D eigenvalue weighted by atomic mass is 10.0. The number of hydrogen-bond donors (Lipinski definition) is 2. The van der Waals surface area contributed by atoms with Gasteiger partial charge in [-0.1, -0.05) is 31.4 Å². The molecule has 0 amide bonds. The first-order chi connectivity index (χ1) is 9.09. The van der Waals surface area contributed by atoms with E-state index in [2.05, 4.69) is 0 Å². The second kappa shape index (κ2) is 6.19. The van der Waals surface area contributed by atoms with Crippen molar-refractivity contribution in [1.29, 1.82) is 0 Å². The second-order valence-electron chi connectivity index (χ2n) is 4.97. The molecule has 4 nitrogen and oxygen atoms in total. The van der Waals surface area contributed by atoms with Crippen LogP contribution in [-0.2, 0) is 16.6 Å². The number of rotatable bonds is 4. The summed E-state index contributed by atoms with van der Waals surface area (Å²) < 4.78 is 12.3. The quantitative estimate of drug-likeness (QED) is 0.831. The Morgan fingerprint density at radius 1 is 1.32 bits per heavy atom. The average Bonchev–Trinajstić information content (AvgIpc) is 2.39. The maximum absolute atomic E-state index is 12.3. The van der Waals surface area contributed by atoms with Crippen LogP contribution in [0.5, 0.6) is 0 Å². The lowest BCUT2D eigenvalue weighted by Crippen LogP contribution is -2.21. The lowest BCUT2D eigenvalue weighted by Gasteiger charge is -2.21. The Morgan fingerprint density at radius 3 is 2.63 bits per heavy atom. The van der Waals surface area contributed by atoms with E-state index in [1.54, 1.807) is 18.2 Å². The van der Waals surface area contributed by atoms with E-state index >= 15 is 0 Å². The van der Waals surface area contributed by atoms with Crippen LogP contribution in [0.15, 0.2) is 18.2 Å². The molecule has 0 spiro atoms. The van der Waals surface area contributed by atoms with Crippen LogP contribution in [0.2, 0.25) is 0 Å². The van der Waals surface area contributed by atoms with Crippen molar-refractivity contribution in [2.24, 2.45) is 0 Å². The molecule has 0 heterocycles. The average molecular weight is 281 g/mol. The molecule has 104 valence electrons. The number of benzene rings is 1. The lowest BCUT2D eigenvalue weighted by molar-refractivity contribution is 0.0697. The molecule has 0 bridgehead atoms. The fraction of sp³-hybridized carbons (Fsp3) is 0.500. The van der Waals surface area contributed by atoms with Crippen LogP contribution < -0.4 is 5.73 Å². The molecule has 1 atom stereocenters. The molecule has 5 heteroatoms. The molecule has 0 saturated heterocycles. The largest absolute Gasteiger partial charge is 0.478 e. The minimum atomic E-state index is -1.05. The minimum absolute atomic E-state index is 0.103. The van der Waals surface area contributed by atoms with Crippen molar-refractivity contribution in [1.82, 2.24) is 0 Å². The second-order valence-corrected chi connectivity index (χ2v) is 6.69. The van der Waals surface area contributed by atoms with Gasteiger partial charge in [-0.2, -0.15) is 0 Å². The highest BCUT2D eigenvalue weighted by Crippen LogP contribution is 2.25. The van der Waals surface area contributed by atoms with Gasteiger partial charge in [0.1, 0.15) is 0 Å². The zero-order chi connectivity index (χ0) is 13.8. The number of carboxylic acids is 1. The molecule has 2 rings (SSSR count). The summed E-state index contributed by atoms with van der Waals surface area (Å²) >= 11 is 0. The van der Waals surface area contributed by atoms with E-state index in [0.717, 1.165) is 25.7 Å². The van der Waals surface area contributed by atoms with Gasteiger partial charge in [0.05, 0.1) is 5.56 Å². The van der Waals surface area contributed by atoms with Gasteiger partial charge in [-0.25, -0.2) is 4.79 Å². The Balaban J connectivity index is 2.16. The van der Waals surface area contributed by atoms with Crippen molar-refractivity contribution in [2.75, 3.05) is 5.73 Å². The highest BCUT2D eigenvalue weighted by molar-refractivity contribution is 7.84. The van der Waals surface area contributed by atoms with E-state index in [9.17, 15) is 14.1 Å². The summed E-state index contributed by atoms with van der Waals surface area (Å²) in [5.74, 6) is -0.758. The van der Waals surface area contributed by atoms with E-state index in [-0.39, 0.29) is 22.3 Å². The summed E-state index contributed by atoms with van der Waals surface area (Å²) in [6, 6.07) is 4.99. The third-order valence-electron chi connectivity index (χ3n) is 3.62. The summed E-state index contributed by atoms with van der Waals surface area (Å²) in [6.45, 7) is 0. The minimum Gasteiger partial charge on any atom is -0.478 e. The number of carbonyl (C=O) groups is 1. The highest BCUT2D eigenvalue weighted by Gasteiger charge is 2.22. The van der Waals surface area contributed by atoms with Crippen LogP contribution >= 0.6 is 0 Å². The number of aromatic carboxylic acids is 1. The smallest absolute Gasteiger partial charge is 0.338 e. The molecule has 1 aromatic rings. The zero-order valence-electron chi connectivity index (χ0n) is 10.8. The molecular weight excluding hydrogens is 262 g/mol. The first-order valence-electron chi connectivity index (χ1n) is 6.57. The van der Waals surface area contributed by atoms with Gasteiger partial charge in [0, 0.05) is 27.5 Å². The van der Waals surface area contributed by atoms with E-state index < -0.39 is 16.8 Å². The summed E-state index contributed by atoms with van der Waals surface area (Å²) in [7, 11) is -1.01. The van der Waals surface area contributed by atoms with Gasteiger partial charge in [-0.15, -0.1) is 0 Å². The van der Waals surface area contributed by atoms with Gasteiger partial charge in [0.15, 0.2) is 0 Å².